The third-order valence-corrected chi connectivity index (χ3v) is 3.65. The van der Waals surface area contributed by atoms with Crippen LogP contribution >= 0.6 is 27.5 Å². The van der Waals surface area contributed by atoms with E-state index >= 15 is 0 Å². The summed E-state index contributed by atoms with van der Waals surface area (Å²) in [6.07, 6.45) is 0. The molecule has 0 radical (unpaired) electrons. The lowest BCUT2D eigenvalue weighted by Gasteiger charge is -2.08. The Labute approximate surface area is 118 Å². The van der Waals surface area contributed by atoms with E-state index in [1.165, 1.54) is 0 Å². The van der Waals surface area contributed by atoms with Crippen LogP contribution in [0.5, 0.6) is 0 Å². The lowest BCUT2D eigenvalue weighted by atomic mass is 10.2. The number of hydrogen-bond acceptors (Lipinski definition) is 2. The van der Waals surface area contributed by atoms with Crippen molar-refractivity contribution >= 4 is 39.1 Å². The van der Waals surface area contributed by atoms with Crippen LogP contribution in [-0.2, 0) is 0 Å². The summed E-state index contributed by atoms with van der Waals surface area (Å²) in [5.74, 6) is -0.288. The van der Waals surface area contributed by atoms with Crippen LogP contribution in [0.4, 0.5) is 5.69 Å². The zero-order chi connectivity index (χ0) is 13.1. The molecular formula is C13H10BrClN2O. The van der Waals surface area contributed by atoms with Crippen molar-refractivity contribution in [3.8, 4) is 0 Å². The van der Waals surface area contributed by atoms with Crippen LogP contribution in [0, 0.1) is 6.92 Å². The monoisotopic (exact) mass is 324 g/mol. The molecular weight excluding hydrogens is 316 g/mol. The number of nitrogens with one attached hydrogen (secondary N) is 1. The number of nitrogens with zero attached hydrogens (tertiary/aromatic N) is 1. The molecule has 0 aliphatic rings. The van der Waals surface area contributed by atoms with Crippen molar-refractivity contribution in [3.63, 3.8) is 0 Å². The number of halogens is 2. The number of carbonyl (C=O) groups excluding carboxylic acids is 1. The van der Waals surface area contributed by atoms with Crippen molar-refractivity contribution in [2.24, 2.45) is 0 Å². The first-order valence-electron chi connectivity index (χ1n) is 5.27. The first-order chi connectivity index (χ1) is 8.58. The molecule has 0 saturated carbocycles. The van der Waals surface area contributed by atoms with Gasteiger partial charge in [-0.15, -0.1) is 0 Å². The fourth-order valence-electron chi connectivity index (χ4n) is 1.47. The van der Waals surface area contributed by atoms with E-state index < -0.39 is 0 Å². The Balaban J connectivity index is 2.24. The smallest absolute Gasteiger partial charge is 0.274 e. The van der Waals surface area contributed by atoms with Crippen LogP contribution < -0.4 is 5.32 Å². The van der Waals surface area contributed by atoms with Crippen molar-refractivity contribution < 1.29 is 4.79 Å². The van der Waals surface area contributed by atoms with Crippen molar-refractivity contribution in [2.45, 2.75) is 6.92 Å². The molecule has 5 heteroatoms. The highest BCUT2D eigenvalue weighted by Gasteiger charge is 2.10. The zero-order valence-electron chi connectivity index (χ0n) is 9.58. The molecule has 0 aliphatic heterocycles. The lowest BCUT2D eigenvalue weighted by molar-refractivity contribution is 0.102. The number of amides is 1. The van der Waals surface area contributed by atoms with Crippen LogP contribution in [0.3, 0.4) is 0 Å². The van der Waals surface area contributed by atoms with Crippen LogP contribution in [0.1, 0.15) is 16.1 Å². The third-order valence-electron chi connectivity index (χ3n) is 2.39. The van der Waals surface area contributed by atoms with Gasteiger partial charge in [0.2, 0.25) is 0 Å². The van der Waals surface area contributed by atoms with Gasteiger partial charge in [-0.2, -0.15) is 0 Å². The van der Waals surface area contributed by atoms with E-state index in [-0.39, 0.29) is 11.6 Å². The average Bonchev–Trinajstić information content (AvgIpc) is 2.35. The van der Waals surface area contributed by atoms with Gasteiger partial charge in [0.25, 0.3) is 5.91 Å². The third kappa shape index (κ3) is 2.89. The summed E-state index contributed by atoms with van der Waals surface area (Å²) in [6, 6.07) is 10.6. The van der Waals surface area contributed by atoms with Gasteiger partial charge in [-0.3, -0.25) is 4.79 Å². The summed E-state index contributed by atoms with van der Waals surface area (Å²) in [5.41, 5.74) is 2.05. The second-order valence-electron chi connectivity index (χ2n) is 3.74. The molecule has 3 nitrogen and oxygen atoms in total. The SMILES string of the molecule is Cc1cccc(NC(=O)c2cccc(Cl)n2)c1Br. The van der Waals surface area contributed by atoms with Crippen molar-refractivity contribution in [3.05, 3.63) is 57.3 Å². The molecule has 0 bridgehead atoms. The Morgan fingerprint density at radius 3 is 2.72 bits per heavy atom. The largest absolute Gasteiger partial charge is 0.320 e. The van der Waals surface area contributed by atoms with Crippen molar-refractivity contribution in [1.29, 1.82) is 0 Å². The fraction of sp³-hybridized carbons (Fsp3) is 0.0769. The molecule has 0 atom stereocenters. The molecule has 0 fully saturated rings. The van der Waals surface area contributed by atoms with E-state index in [9.17, 15) is 4.79 Å². The highest BCUT2D eigenvalue weighted by atomic mass is 79.9. The fourth-order valence-corrected chi connectivity index (χ4v) is 1.99. The van der Waals surface area contributed by atoms with E-state index in [4.69, 9.17) is 11.6 Å². The molecule has 0 aliphatic carbocycles. The molecule has 1 aromatic heterocycles. The van der Waals surface area contributed by atoms with Gasteiger partial charge in [0.1, 0.15) is 10.8 Å². The highest BCUT2D eigenvalue weighted by molar-refractivity contribution is 9.10. The Morgan fingerprint density at radius 2 is 2.00 bits per heavy atom. The molecule has 92 valence electrons. The number of rotatable bonds is 2. The summed E-state index contributed by atoms with van der Waals surface area (Å²) in [4.78, 5) is 15.9. The van der Waals surface area contributed by atoms with Crippen LogP contribution in [0.25, 0.3) is 0 Å². The Hall–Kier alpha value is -1.39. The summed E-state index contributed by atoms with van der Waals surface area (Å²) in [5, 5.41) is 3.08. The maximum atomic E-state index is 12.0. The lowest BCUT2D eigenvalue weighted by Crippen LogP contribution is -2.14. The molecule has 1 heterocycles. The van der Waals surface area contributed by atoms with Gasteiger partial charge in [-0.1, -0.05) is 29.8 Å². The molecule has 0 saturated heterocycles. The molecule has 18 heavy (non-hydrogen) atoms. The zero-order valence-corrected chi connectivity index (χ0v) is 11.9. The molecule has 1 amide bonds. The second kappa shape index (κ2) is 5.50. The average molecular weight is 326 g/mol. The molecule has 2 rings (SSSR count). The molecule has 0 spiro atoms. The summed E-state index contributed by atoms with van der Waals surface area (Å²) < 4.78 is 0.861. The van der Waals surface area contributed by atoms with E-state index in [0.717, 1.165) is 10.0 Å². The Kier molecular flexibility index (Phi) is 3.99. The highest BCUT2D eigenvalue weighted by Crippen LogP contribution is 2.26. The number of aryl methyl sites for hydroxylation is 1. The predicted octanol–water partition coefficient (Wildman–Crippen LogP) is 4.06. The van der Waals surface area contributed by atoms with E-state index in [1.54, 1.807) is 18.2 Å². The topological polar surface area (TPSA) is 42.0 Å². The van der Waals surface area contributed by atoms with Gasteiger partial charge in [0.05, 0.1) is 5.69 Å². The number of carbonyl (C=O) groups is 1. The Bertz CT molecular complexity index is 601. The van der Waals surface area contributed by atoms with Gasteiger partial charge in [0, 0.05) is 4.47 Å². The number of anilines is 1. The first kappa shape index (κ1) is 13.1. The van der Waals surface area contributed by atoms with Gasteiger partial charge in [-0.25, -0.2) is 4.98 Å². The van der Waals surface area contributed by atoms with E-state index in [2.05, 4.69) is 26.2 Å². The molecule has 0 unspecified atom stereocenters. The maximum absolute atomic E-state index is 12.0. The minimum atomic E-state index is -0.288. The Morgan fingerprint density at radius 1 is 1.28 bits per heavy atom. The van der Waals surface area contributed by atoms with Gasteiger partial charge in [0.15, 0.2) is 0 Å². The van der Waals surface area contributed by atoms with Crippen molar-refractivity contribution in [1.82, 2.24) is 4.98 Å². The number of aromatic nitrogens is 1. The minimum Gasteiger partial charge on any atom is -0.320 e. The van der Waals surface area contributed by atoms with E-state index in [0.29, 0.717) is 10.8 Å². The molecule has 1 N–H and O–H groups in total. The predicted molar refractivity (Wildman–Crippen MR) is 76.1 cm³/mol. The quantitative estimate of drug-likeness (QED) is 0.846. The number of hydrogen-bond donors (Lipinski definition) is 1. The normalized spacial score (nSPS) is 10.2. The summed E-state index contributed by atoms with van der Waals surface area (Å²) in [6.45, 7) is 1.96. The van der Waals surface area contributed by atoms with Crippen LogP contribution in [-0.4, -0.2) is 10.9 Å². The van der Waals surface area contributed by atoms with Gasteiger partial charge < -0.3 is 5.32 Å². The van der Waals surface area contributed by atoms with Crippen molar-refractivity contribution in [2.75, 3.05) is 5.32 Å². The summed E-state index contributed by atoms with van der Waals surface area (Å²) >= 11 is 9.18. The van der Waals surface area contributed by atoms with Gasteiger partial charge in [-0.05, 0) is 46.6 Å². The minimum absolute atomic E-state index is 0.288. The van der Waals surface area contributed by atoms with Crippen LogP contribution in [0.15, 0.2) is 40.9 Å². The standard InChI is InChI=1S/C13H10BrClN2O/c1-8-4-2-5-9(12(8)14)17-13(18)10-6-3-7-11(15)16-10/h2-7H,1H3,(H,17,18). The van der Waals surface area contributed by atoms with Gasteiger partial charge >= 0.3 is 0 Å². The second-order valence-corrected chi connectivity index (χ2v) is 4.92. The number of pyridine rings is 1. The molecule has 2 aromatic rings. The maximum Gasteiger partial charge on any atom is 0.274 e. The summed E-state index contributed by atoms with van der Waals surface area (Å²) in [7, 11) is 0. The van der Waals surface area contributed by atoms with E-state index in [1.807, 2.05) is 25.1 Å². The van der Waals surface area contributed by atoms with Crippen LogP contribution in [0.2, 0.25) is 5.15 Å². The first-order valence-corrected chi connectivity index (χ1v) is 6.44. The number of benzene rings is 1. The molecule has 1 aromatic carbocycles.